The molecule has 9 heteroatoms. The summed E-state index contributed by atoms with van der Waals surface area (Å²) in [4.78, 5) is 2.13. The predicted octanol–water partition coefficient (Wildman–Crippen LogP) is 2.28. The van der Waals surface area contributed by atoms with Gasteiger partial charge in [0.1, 0.15) is 0 Å². The van der Waals surface area contributed by atoms with Gasteiger partial charge in [0.15, 0.2) is 5.03 Å². The molecule has 0 radical (unpaired) electrons. The molecule has 22 heavy (non-hydrogen) atoms. The van der Waals surface area contributed by atoms with Crippen molar-refractivity contribution in [1.82, 2.24) is 18.8 Å². The molecular weight excluding hydrogens is 338 g/mol. The van der Waals surface area contributed by atoms with E-state index in [0.29, 0.717) is 12.3 Å². The minimum absolute atomic E-state index is 0.186. The summed E-state index contributed by atoms with van der Waals surface area (Å²) in [5.74, 6) is 0. The minimum atomic E-state index is -3.50. The van der Waals surface area contributed by atoms with Crippen LogP contribution in [0.25, 0.3) is 0 Å². The van der Waals surface area contributed by atoms with Crippen LogP contribution in [-0.4, -0.2) is 54.2 Å². The standard InChI is InChI=1S/C13H26N4O2P2S/c1-5-11(15(2)3)12-8-13(14-17(12)10-6-7-10)22(18,19)16(9-20)21-4/h8,10-11,21H,5-7,9,20H2,1-4H3. The second kappa shape index (κ2) is 7.23. The molecule has 6 nitrogen and oxygen atoms in total. The Balaban J connectivity index is 2.47. The number of hydrogen-bond acceptors (Lipinski definition) is 4. The Labute approximate surface area is 137 Å². The lowest BCUT2D eigenvalue weighted by molar-refractivity contribution is 0.275. The van der Waals surface area contributed by atoms with Crippen molar-refractivity contribution in [3.05, 3.63) is 11.8 Å². The Kier molecular flexibility index (Phi) is 6.01. The Morgan fingerprint density at radius 1 is 1.50 bits per heavy atom. The van der Waals surface area contributed by atoms with Gasteiger partial charge in [0.2, 0.25) is 0 Å². The summed E-state index contributed by atoms with van der Waals surface area (Å²) in [6.07, 6.45) is 3.49. The van der Waals surface area contributed by atoms with Crippen LogP contribution in [0.1, 0.15) is 44.0 Å². The van der Waals surface area contributed by atoms with E-state index in [1.807, 2.05) is 25.4 Å². The predicted molar refractivity (Wildman–Crippen MR) is 95.1 cm³/mol. The molecule has 0 saturated heterocycles. The largest absolute Gasteiger partial charge is 0.301 e. The van der Waals surface area contributed by atoms with Gasteiger partial charge in [0.05, 0.1) is 17.8 Å². The molecule has 1 heterocycles. The zero-order valence-electron chi connectivity index (χ0n) is 13.7. The topological polar surface area (TPSA) is 58.4 Å². The van der Waals surface area contributed by atoms with Crippen LogP contribution >= 0.6 is 18.0 Å². The summed E-state index contributed by atoms with van der Waals surface area (Å²) in [5, 5.41) is 4.65. The summed E-state index contributed by atoms with van der Waals surface area (Å²) >= 11 is 0. The molecule has 1 aromatic heterocycles. The number of aromatic nitrogens is 2. The molecule has 0 bridgehead atoms. The van der Waals surface area contributed by atoms with Crippen molar-refractivity contribution in [2.24, 2.45) is 0 Å². The van der Waals surface area contributed by atoms with Gasteiger partial charge in [0.25, 0.3) is 10.0 Å². The average Bonchev–Trinajstić information content (AvgIpc) is 3.20. The zero-order valence-corrected chi connectivity index (χ0v) is 16.6. The molecule has 1 aliphatic rings. The van der Waals surface area contributed by atoms with Crippen molar-refractivity contribution in [2.75, 3.05) is 27.0 Å². The lowest BCUT2D eigenvalue weighted by atomic mass is 10.1. The fraction of sp³-hybridized carbons (Fsp3) is 0.769. The molecule has 0 spiro atoms. The van der Waals surface area contributed by atoms with E-state index in [-0.39, 0.29) is 19.8 Å². The van der Waals surface area contributed by atoms with Gasteiger partial charge in [-0.3, -0.25) is 4.68 Å². The number of hydrogen-bond donors (Lipinski definition) is 0. The highest BCUT2D eigenvalue weighted by atomic mass is 32.2. The lowest BCUT2D eigenvalue weighted by Crippen LogP contribution is -2.22. The van der Waals surface area contributed by atoms with Gasteiger partial charge >= 0.3 is 0 Å². The first-order valence-electron chi connectivity index (χ1n) is 7.52. The first-order chi connectivity index (χ1) is 10.4. The van der Waals surface area contributed by atoms with Crippen LogP contribution in [0.4, 0.5) is 0 Å². The van der Waals surface area contributed by atoms with Crippen LogP contribution in [0.5, 0.6) is 0 Å². The highest BCUT2D eigenvalue weighted by Crippen LogP contribution is 2.39. The number of rotatable bonds is 8. The maximum absolute atomic E-state index is 12.7. The molecule has 1 aliphatic carbocycles. The Morgan fingerprint density at radius 2 is 2.14 bits per heavy atom. The van der Waals surface area contributed by atoms with Crippen molar-refractivity contribution in [2.45, 2.75) is 43.3 Å². The highest BCUT2D eigenvalue weighted by Gasteiger charge is 2.34. The Bertz CT molecular complexity index is 610. The van der Waals surface area contributed by atoms with E-state index in [9.17, 15) is 8.42 Å². The summed E-state index contributed by atoms with van der Waals surface area (Å²) in [6, 6.07) is 2.32. The molecule has 2 rings (SSSR count). The van der Waals surface area contributed by atoms with Crippen molar-refractivity contribution < 1.29 is 8.42 Å². The molecular formula is C13H26N4O2P2S. The third-order valence-electron chi connectivity index (χ3n) is 3.96. The molecule has 0 N–H and O–H groups in total. The Hall–Kier alpha value is -0.0600. The van der Waals surface area contributed by atoms with E-state index in [1.165, 1.54) is 4.08 Å². The first-order valence-corrected chi connectivity index (χ1v) is 11.2. The summed E-state index contributed by atoms with van der Waals surface area (Å²) in [6.45, 7) is 3.99. The van der Waals surface area contributed by atoms with E-state index in [2.05, 4.69) is 26.2 Å². The fourth-order valence-electron chi connectivity index (χ4n) is 2.63. The minimum Gasteiger partial charge on any atom is -0.301 e. The smallest absolute Gasteiger partial charge is 0.265 e. The molecule has 126 valence electrons. The van der Waals surface area contributed by atoms with E-state index in [4.69, 9.17) is 0 Å². The normalized spacial score (nSPS) is 18.0. The molecule has 1 fully saturated rings. The van der Waals surface area contributed by atoms with Gasteiger partial charge in [-0.05, 0) is 48.8 Å². The molecule has 3 atom stereocenters. The molecule has 1 saturated carbocycles. The molecule has 0 aliphatic heterocycles. The molecule has 3 unspecified atom stereocenters. The van der Waals surface area contributed by atoms with Crippen molar-refractivity contribution in [3.8, 4) is 0 Å². The summed E-state index contributed by atoms with van der Waals surface area (Å²) in [5.41, 5.74) is 1.01. The van der Waals surface area contributed by atoms with Gasteiger partial charge in [-0.15, -0.1) is 9.24 Å². The summed E-state index contributed by atoms with van der Waals surface area (Å²) in [7, 11) is 3.22. The van der Waals surface area contributed by atoms with Crippen LogP contribution in [0, 0.1) is 0 Å². The monoisotopic (exact) mass is 364 g/mol. The van der Waals surface area contributed by atoms with Crippen molar-refractivity contribution >= 4 is 28.0 Å². The van der Waals surface area contributed by atoms with Gasteiger partial charge in [-0.25, -0.2) is 8.42 Å². The van der Waals surface area contributed by atoms with Crippen LogP contribution in [-0.2, 0) is 10.0 Å². The van der Waals surface area contributed by atoms with Crippen molar-refractivity contribution in [3.63, 3.8) is 0 Å². The van der Waals surface area contributed by atoms with Crippen molar-refractivity contribution in [1.29, 1.82) is 0 Å². The van der Waals surface area contributed by atoms with Gasteiger partial charge < -0.3 is 4.90 Å². The van der Waals surface area contributed by atoms with Gasteiger partial charge in [-0.2, -0.15) is 9.17 Å². The third kappa shape index (κ3) is 3.54. The molecule has 0 aromatic carbocycles. The molecule has 1 aromatic rings. The maximum atomic E-state index is 12.7. The summed E-state index contributed by atoms with van der Waals surface area (Å²) < 4.78 is 28.8. The van der Waals surface area contributed by atoms with Gasteiger partial charge in [0, 0.05) is 12.4 Å². The Morgan fingerprint density at radius 3 is 2.55 bits per heavy atom. The highest BCUT2D eigenvalue weighted by molar-refractivity contribution is 7.92. The molecule has 0 amide bonds. The van der Waals surface area contributed by atoms with E-state index >= 15 is 0 Å². The van der Waals surface area contributed by atoms with Gasteiger partial charge in [-0.1, -0.05) is 6.92 Å². The van der Waals surface area contributed by atoms with Crippen LogP contribution in [0.2, 0.25) is 0 Å². The lowest BCUT2D eigenvalue weighted by Gasteiger charge is -2.23. The van der Waals surface area contributed by atoms with E-state index in [1.54, 1.807) is 6.07 Å². The fourth-order valence-corrected chi connectivity index (χ4v) is 6.08. The second-order valence-electron chi connectivity index (χ2n) is 5.73. The quantitative estimate of drug-likeness (QED) is 0.664. The van der Waals surface area contributed by atoms with E-state index in [0.717, 1.165) is 25.0 Å². The number of nitrogens with zero attached hydrogens (tertiary/aromatic N) is 4. The average molecular weight is 364 g/mol. The van der Waals surface area contributed by atoms with Crippen LogP contribution < -0.4 is 0 Å². The maximum Gasteiger partial charge on any atom is 0.265 e. The van der Waals surface area contributed by atoms with Crippen LogP contribution in [0.3, 0.4) is 0 Å². The zero-order chi connectivity index (χ0) is 16.5. The first kappa shape index (κ1) is 18.3. The second-order valence-corrected chi connectivity index (χ2v) is 9.22. The number of sulfonamides is 1. The SMILES string of the molecule is CCC(c1cc(S(=O)(=O)N(CP)PC)nn1C1CC1)N(C)C. The third-order valence-corrected chi connectivity index (χ3v) is 8.36. The van der Waals surface area contributed by atoms with Crippen LogP contribution in [0.15, 0.2) is 11.1 Å². The van der Waals surface area contributed by atoms with E-state index < -0.39 is 10.0 Å².